The zero-order valence-electron chi connectivity index (χ0n) is 12.3. The number of benzene rings is 1. The molecule has 1 aromatic carbocycles. The summed E-state index contributed by atoms with van der Waals surface area (Å²) in [4.78, 5) is 20.5. The van der Waals surface area contributed by atoms with Crippen LogP contribution in [0.15, 0.2) is 30.3 Å². The van der Waals surface area contributed by atoms with Gasteiger partial charge >= 0.3 is 5.97 Å². The van der Waals surface area contributed by atoms with Crippen molar-refractivity contribution < 1.29 is 9.90 Å². The predicted molar refractivity (Wildman–Crippen MR) is 83.0 cm³/mol. The molecule has 2 aromatic rings. The van der Waals surface area contributed by atoms with Gasteiger partial charge in [-0.05, 0) is 38.2 Å². The molecule has 0 saturated carbocycles. The molecular weight excluding hydrogens is 266 g/mol. The van der Waals surface area contributed by atoms with Crippen LogP contribution in [0, 0.1) is 0 Å². The molecule has 0 spiro atoms. The van der Waals surface area contributed by atoms with Crippen LogP contribution >= 0.6 is 0 Å². The Morgan fingerprint density at radius 2 is 2.10 bits per heavy atom. The molecule has 1 N–H and O–H groups in total. The van der Waals surface area contributed by atoms with Gasteiger partial charge in [-0.1, -0.05) is 6.07 Å². The largest absolute Gasteiger partial charge is 0.478 e. The zero-order valence-corrected chi connectivity index (χ0v) is 12.3. The number of aromatic carboxylic acids is 1. The number of piperazine rings is 1. The Labute approximate surface area is 123 Å². The Morgan fingerprint density at radius 1 is 1.29 bits per heavy atom. The van der Waals surface area contributed by atoms with Gasteiger partial charge < -0.3 is 14.9 Å². The summed E-state index contributed by atoms with van der Waals surface area (Å²) in [5.74, 6) is 0.00811. The average Bonchev–Trinajstić information content (AvgIpc) is 2.46. The minimum absolute atomic E-state index is 0.304. The first-order valence-corrected chi connectivity index (χ1v) is 7.14. The monoisotopic (exact) mass is 285 g/mol. The highest BCUT2D eigenvalue weighted by Crippen LogP contribution is 2.24. The fourth-order valence-corrected chi connectivity index (χ4v) is 2.97. The van der Waals surface area contributed by atoms with Crippen molar-refractivity contribution in [1.82, 2.24) is 9.88 Å². The molecule has 0 bridgehead atoms. The van der Waals surface area contributed by atoms with Crippen molar-refractivity contribution in [3.05, 3.63) is 35.9 Å². The number of carboxylic acid groups (broad SMARTS) is 1. The number of hydrogen-bond donors (Lipinski definition) is 1. The van der Waals surface area contributed by atoms with Gasteiger partial charge in [-0.25, -0.2) is 9.78 Å². The first-order chi connectivity index (χ1) is 10.1. The van der Waals surface area contributed by atoms with Gasteiger partial charge in [0.2, 0.25) is 0 Å². The van der Waals surface area contributed by atoms with Gasteiger partial charge in [-0.15, -0.1) is 0 Å². The summed E-state index contributed by atoms with van der Waals surface area (Å²) in [5, 5.41) is 9.92. The van der Waals surface area contributed by atoms with Gasteiger partial charge in [-0.2, -0.15) is 0 Å². The van der Waals surface area contributed by atoms with E-state index >= 15 is 0 Å². The first-order valence-electron chi connectivity index (χ1n) is 7.14. The van der Waals surface area contributed by atoms with E-state index in [1.54, 1.807) is 12.1 Å². The lowest BCUT2D eigenvalue weighted by Crippen LogP contribution is -2.50. The molecule has 21 heavy (non-hydrogen) atoms. The lowest BCUT2D eigenvalue weighted by atomic mass is 10.1. The Kier molecular flexibility index (Phi) is 3.51. The molecule has 2 heterocycles. The Balaban J connectivity index is 2.00. The maximum absolute atomic E-state index is 11.2. The van der Waals surface area contributed by atoms with Crippen molar-refractivity contribution in [1.29, 1.82) is 0 Å². The third kappa shape index (κ3) is 2.56. The second-order valence-corrected chi connectivity index (χ2v) is 5.65. The number of carboxylic acids is 1. The number of pyridine rings is 1. The summed E-state index contributed by atoms with van der Waals surface area (Å²) >= 11 is 0. The molecule has 3 rings (SSSR count). The quantitative estimate of drug-likeness (QED) is 0.915. The van der Waals surface area contributed by atoms with Crippen molar-refractivity contribution in [3.8, 4) is 0 Å². The normalized spacial score (nSPS) is 19.9. The maximum atomic E-state index is 11.2. The molecule has 1 atom stereocenters. The molecule has 1 aromatic heterocycles. The summed E-state index contributed by atoms with van der Waals surface area (Å²) in [6.07, 6.45) is 0. The molecule has 5 heteroatoms. The molecule has 0 radical (unpaired) electrons. The van der Waals surface area contributed by atoms with E-state index in [2.05, 4.69) is 28.8 Å². The molecule has 1 unspecified atom stereocenters. The molecule has 1 aliphatic rings. The summed E-state index contributed by atoms with van der Waals surface area (Å²) in [5.41, 5.74) is 1.04. The van der Waals surface area contributed by atoms with Crippen molar-refractivity contribution >= 4 is 22.7 Å². The number of likely N-dealkylation sites (N-methyl/N-ethyl adjacent to an activating group) is 1. The van der Waals surface area contributed by atoms with Crippen molar-refractivity contribution in [3.63, 3.8) is 0 Å². The molecule has 110 valence electrons. The van der Waals surface area contributed by atoms with Gasteiger partial charge in [0.1, 0.15) is 5.82 Å². The summed E-state index contributed by atoms with van der Waals surface area (Å²) in [7, 11) is 2.13. The maximum Gasteiger partial charge on any atom is 0.336 e. The van der Waals surface area contributed by atoms with Crippen LogP contribution in [0.1, 0.15) is 17.3 Å². The third-order valence-electron chi connectivity index (χ3n) is 4.07. The first kappa shape index (κ1) is 13.8. The van der Waals surface area contributed by atoms with E-state index in [0.29, 0.717) is 17.0 Å². The second-order valence-electron chi connectivity index (χ2n) is 5.65. The Bertz CT molecular complexity index is 686. The average molecular weight is 285 g/mol. The van der Waals surface area contributed by atoms with Crippen LogP contribution in [0.25, 0.3) is 10.9 Å². The van der Waals surface area contributed by atoms with Crippen LogP contribution in [-0.4, -0.2) is 53.7 Å². The van der Waals surface area contributed by atoms with Crippen molar-refractivity contribution in [2.24, 2.45) is 0 Å². The topological polar surface area (TPSA) is 56.7 Å². The minimum Gasteiger partial charge on any atom is -0.478 e. The molecule has 0 aliphatic carbocycles. The molecule has 1 aliphatic heterocycles. The van der Waals surface area contributed by atoms with Crippen LogP contribution in [0.3, 0.4) is 0 Å². The van der Waals surface area contributed by atoms with Gasteiger partial charge in [0, 0.05) is 31.1 Å². The molecule has 1 saturated heterocycles. The number of aromatic nitrogens is 1. The summed E-state index contributed by atoms with van der Waals surface area (Å²) < 4.78 is 0. The van der Waals surface area contributed by atoms with Gasteiger partial charge in [0.25, 0.3) is 0 Å². The molecule has 5 nitrogen and oxygen atoms in total. The highest BCUT2D eigenvalue weighted by Gasteiger charge is 2.22. The summed E-state index contributed by atoms with van der Waals surface area (Å²) in [6, 6.07) is 9.42. The van der Waals surface area contributed by atoms with E-state index in [1.807, 2.05) is 18.2 Å². The van der Waals surface area contributed by atoms with Crippen LogP contribution in [0.5, 0.6) is 0 Å². The second kappa shape index (κ2) is 5.33. The van der Waals surface area contributed by atoms with E-state index in [1.165, 1.54) is 0 Å². The van der Waals surface area contributed by atoms with E-state index in [4.69, 9.17) is 0 Å². The highest BCUT2D eigenvalue weighted by molar-refractivity contribution is 6.02. The van der Waals surface area contributed by atoms with Crippen molar-refractivity contribution in [2.45, 2.75) is 13.0 Å². The zero-order chi connectivity index (χ0) is 15.0. The summed E-state index contributed by atoms with van der Waals surface area (Å²) in [6.45, 7) is 5.15. The van der Waals surface area contributed by atoms with Gasteiger partial charge in [0.05, 0.1) is 11.1 Å². The fourth-order valence-electron chi connectivity index (χ4n) is 2.97. The van der Waals surface area contributed by atoms with E-state index in [9.17, 15) is 9.90 Å². The Hall–Kier alpha value is -2.14. The molecular formula is C16H19N3O2. The fraction of sp³-hybridized carbons (Fsp3) is 0.375. The van der Waals surface area contributed by atoms with Gasteiger partial charge in [0.15, 0.2) is 0 Å². The van der Waals surface area contributed by atoms with E-state index in [0.717, 1.165) is 31.0 Å². The SMILES string of the molecule is CC1CN(C)CCN1c1ccc2c(C(=O)O)cccc2n1. The predicted octanol–water partition coefficient (Wildman–Crippen LogP) is 2.07. The third-order valence-corrected chi connectivity index (χ3v) is 4.07. The van der Waals surface area contributed by atoms with Crippen LogP contribution in [0.4, 0.5) is 5.82 Å². The number of rotatable bonds is 2. The number of carbonyl (C=O) groups is 1. The smallest absolute Gasteiger partial charge is 0.336 e. The lowest BCUT2D eigenvalue weighted by molar-refractivity contribution is 0.0699. The lowest BCUT2D eigenvalue weighted by Gasteiger charge is -2.39. The molecule has 1 fully saturated rings. The van der Waals surface area contributed by atoms with Gasteiger partial charge in [-0.3, -0.25) is 0 Å². The van der Waals surface area contributed by atoms with Crippen LogP contribution in [0.2, 0.25) is 0 Å². The van der Waals surface area contributed by atoms with Crippen LogP contribution in [-0.2, 0) is 0 Å². The minimum atomic E-state index is -0.914. The number of anilines is 1. The number of nitrogens with zero attached hydrogens (tertiary/aromatic N) is 3. The molecule has 0 amide bonds. The van der Waals surface area contributed by atoms with Crippen LogP contribution < -0.4 is 4.90 Å². The van der Waals surface area contributed by atoms with Crippen molar-refractivity contribution in [2.75, 3.05) is 31.6 Å². The van der Waals surface area contributed by atoms with E-state index in [-0.39, 0.29) is 0 Å². The number of hydrogen-bond acceptors (Lipinski definition) is 4. The van der Waals surface area contributed by atoms with E-state index < -0.39 is 5.97 Å². The number of fused-ring (bicyclic) bond motifs is 1. The highest BCUT2D eigenvalue weighted by atomic mass is 16.4. The standard InChI is InChI=1S/C16H19N3O2/c1-11-10-18(2)8-9-19(11)15-7-6-12-13(16(20)21)4-3-5-14(12)17-15/h3-7,11H,8-10H2,1-2H3,(H,20,21). The Morgan fingerprint density at radius 3 is 2.81 bits per heavy atom.